The normalized spacial score (nSPS) is 17.3. The van der Waals surface area contributed by atoms with Gasteiger partial charge in [0.1, 0.15) is 18.4 Å². The van der Waals surface area contributed by atoms with E-state index in [4.69, 9.17) is 4.74 Å². The molecule has 0 unspecified atom stereocenters. The van der Waals surface area contributed by atoms with E-state index in [0.29, 0.717) is 5.75 Å². The molecule has 130 valence electrons. The molecule has 0 saturated carbocycles. The van der Waals surface area contributed by atoms with Gasteiger partial charge in [0.2, 0.25) is 0 Å². The first-order valence-corrected chi connectivity index (χ1v) is 8.86. The predicted molar refractivity (Wildman–Crippen MR) is 99.9 cm³/mol. The van der Waals surface area contributed by atoms with Crippen molar-refractivity contribution in [2.75, 3.05) is 18.1 Å². The molecule has 25 heavy (non-hydrogen) atoms. The van der Waals surface area contributed by atoms with Gasteiger partial charge in [0.15, 0.2) is 0 Å². The molecule has 0 aromatic heterocycles. The molecule has 0 aliphatic carbocycles. The summed E-state index contributed by atoms with van der Waals surface area (Å²) in [6.07, 6.45) is 0. The van der Waals surface area contributed by atoms with Gasteiger partial charge < -0.3 is 4.74 Å². The lowest BCUT2D eigenvalue weighted by molar-refractivity contribution is -0.127. The maximum absolute atomic E-state index is 12.7. The number of halogens is 1. The highest BCUT2D eigenvalue weighted by molar-refractivity contribution is 9.10. The van der Waals surface area contributed by atoms with Gasteiger partial charge in [-0.25, -0.2) is 4.79 Å². The Labute approximate surface area is 155 Å². The second-order valence-electron chi connectivity index (χ2n) is 5.96. The molecule has 3 amide bonds. The summed E-state index contributed by atoms with van der Waals surface area (Å²) >= 11 is 3.38. The summed E-state index contributed by atoms with van der Waals surface area (Å²) in [5.74, 6) is 0.486. The minimum atomic E-state index is -0.513. The van der Waals surface area contributed by atoms with Crippen LogP contribution in [0.2, 0.25) is 0 Å². The van der Waals surface area contributed by atoms with E-state index in [1.807, 2.05) is 55.5 Å². The predicted octanol–water partition coefficient (Wildman–Crippen LogP) is 3.99. The summed E-state index contributed by atoms with van der Waals surface area (Å²) in [5, 5.41) is 0. The zero-order valence-corrected chi connectivity index (χ0v) is 15.7. The average Bonchev–Trinajstić information content (AvgIpc) is 2.79. The molecule has 0 N–H and O–H groups in total. The van der Waals surface area contributed by atoms with Crippen LogP contribution in [0.5, 0.6) is 5.75 Å². The molecule has 1 aliphatic rings. The van der Waals surface area contributed by atoms with Crippen LogP contribution >= 0.6 is 15.9 Å². The van der Waals surface area contributed by atoms with Crippen molar-refractivity contribution in [1.82, 2.24) is 4.90 Å². The first kappa shape index (κ1) is 17.5. The van der Waals surface area contributed by atoms with Gasteiger partial charge in [-0.2, -0.15) is 0 Å². The lowest BCUT2D eigenvalue weighted by Crippen LogP contribution is -2.36. The fourth-order valence-corrected chi connectivity index (χ4v) is 3.16. The Morgan fingerprint density at radius 3 is 2.52 bits per heavy atom. The summed E-state index contributed by atoms with van der Waals surface area (Å²) in [5.41, 5.74) is 1.83. The summed E-state index contributed by atoms with van der Waals surface area (Å²) in [6.45, 7) is 4.20. The van der Waals surface area contributed by atoms with E-state index in [2.05, 4.69) is 15.9 Å². The molecule has 1 fully saturated rings. The summed E-state index contributed by atoms with van der Waals surface area (Å²) in [4.78, 5) is 27.9. The van der Waals surface area contributed by atoms with E-state index in [-0.39, 0.29) is 25.1 Å². The summed E-state index contributed by atoms with van der Waals surface area (Å²) < 4.78 is 6.56. The van der Waals surface area contributed by atoms with Crippen molar-refractivity contribution in [2.24, 2.45) is 0 Å². The highest BCUT2D eigenvalue weighted by atomic mass is 79.9. The van der Waals surface area contributed by atoms with E-state index in [9.17, 15) is 9.59 Å². The second kappa shape index (κ2) is 7.27. The largest absolute Gasteiger partial charge is 0.492 e. The third-order valence-corrected chi connectivity index (χ3v) is 4.63. The van der Waals surface area contributed by atoms with Crippen LogP contribution in [-0.4, -0.2) is 36.0 Å². The number of hydrogen-bond acceptors (Lipinski definition) is 3. The monoisotopic (exact) mass is 402 g/mol. The van der Waals surface area contributed by atoms with Crippen molar-refractivity contribution < 1.29 is 14.3 Å². The Hall–Kier alpha value is -2.34. The topological polar surface area (TPSA) is 49.9 Å². The number of hydrogen-bond donors (Lipinski definition) is 0. The third kappa shape index (κ3) is 3.69. The van der Waals surface area contributed by atoms with E-state index >= 15 is 0 Å². The molecule has 0 bridgehead atoms. The molecule has 6 heteroatoms. The molecule has 0 radical (unpaired) electrons. The Kier molecular flexibility index (Phi) is 5.08. The first-order chi connectivity index (χ1) is 12.0. The third-order valence-electron chi connectivity index (χ3n) is 4.14. The van der Waals surface area contributed by atoms with Crippen LogP contribution < -0.4 is 9.64 Å². The molecule has 1 saturated heterocycles. The minimum Gasteiger partial charge on any atom is -0.492 e. The van der Waals surface area contributed by atoms with Gasteiger partial charge in [0, 0.05) is 10.2 Å². The van der Waals surface area contributed by atoms with Crippen LogP contribution in [0.15, 0.2) is 53.0 Å². The Morgan fingerprint density at radius 1 is 1.12 bits per heavy atom. The van der Waals surface area contributed by atoms with Crippen molar-refractivity contribution in [1.29, 1.82) is 0 Å². The smallest absolute Gasteiger partial charge is 0.332 e. The van der Waals surface area contributed by atoms with Gasteiger partial charge in [0.05, 0.1) is 6.54 Å². The highest BCUT2D eigenvalue weighted by Gasteiger charge is 2.43. The van der Waals surface area contributed by atoms with Gasteiger partial charge in [-0.1, -0.05) is 39.7 Å². The number of amides is 3. The van der Waals surface area contributed by atoms with Gasteiger partial charge in [0.25, 0.3) is 5.91 Å². The van der Waals surface area contributed by atoms with Gasteiger partial charge in [-0.15, -0.1) is 0 Å². The molecule has 5 nitrogen and oxygen atoms in total. The van der Waals surface area contributed by atoms with Crippen LogP contribution in [0.25, 0.3) is 0 Å². The number of aryl methyl sites for hydroxylation is 1. The quantitative estimate of drug-likeness (QED) is 0.710. The maximum Gasteiger partial charge on any atom is 0.332 e. The molecular formula is C19H19BrN2O3. The van der Waals surface area contributed by atoms with Crippen molar-refractivity contribution in [3.63, 3.8) is 0 Å². The minimum absolute atomic E-state index is 0.205. The Bertz CT molecular complexity index is 792. The summed E-state index contributed by atoms with van der Waals surface area (Å²) in [7, 11) is 0. The number of carbonyl (C=O) groups excluding carboxylic acids is 2. The van der Waals surface area contributed by atoms with E-state index in [1.165, 1.54) is 9.80 Å². The molecule has 2 aromatic rings. The van der Waals surface area contributed by atoms with Gasteiger partial charge in [-0.05, 0) is 44.2 Å². The summed E-state index contributed by atoms with van der Waals surface area (Å²) in [6, 6.07) is 14.2. The molecule has 1 atom stereocenters. The molecule has 1 heterocycles. The van der Waals surface area contributed by atoms with Crippen LogP contribution in [-0.2, 0) is 4.79 Å². The fourth-order valence-electron chi connectivity index (χ4n) is 2.78. The first-order valence-electron chi connectivity index (χ1n) is 8.07. The van der Waals surface area contributed by atoms with Crippen molar-refractivity contribution >= 4 is 33.6 Å². The molecular weight excluding hydrogens is 384 g/mol. The van der Waals surface area contributed by atoms with E-state index < -0.39 is 6.04 Å². The van der Waals surface area contributed by atoms with Crippen LogP contribution in [0.4, 0.5) is 10.5 Å². The molecule has 3 rings (SSSR count). The highest BCUT2D eigenvalue weighted by Crippen LogP contribution is 2.26. The maximum atomic E-state index is 12.7. The van der Waals surface area contributed by atoms with Gasteiger partial charge >= 0.3 is 6.03 Å². The molecule has 1 aliphatic heterocycles. The number of carbonyl (C=O) groups is 2. The Balaban J connectivity index is 1.67. The number of benzene rings is 2. The number of imide groups is 1. The van der Waals surface area contributed by atoms with Crippen LogP contribution in [0.3, 0.4) is 0 Å². The molecule has 0 spiro atoms. The zero-order chi connectivity index (χ0) is 18.0. The zero-order valence-electron chi connectivity index (χ0n) is 14.1. The lowest BCUT2D eigenvalue weighted by atomic mass is 10.2. The number of anilines is 1. The number of nitrogens with zero attached hydrogens (tertiary/aromatic N) is 2. The number of urea groups is 1. The van der Waals surface area contributed by atoms with Crippen LogP contribution in [0.1, 0.15) is 12.5 Å². The molecule has 2 aromatic carbocycles. The van der Waals surface area contributed by atoms with E-state index in [0.717, 1.165) is 15.7 Å². The average molecular weight is 403 g/mol. The van der Waals surface area contributed by atoms with E-state index in [1.54, 1.807) is 6.92 Å². The number of ether oxygens (including phenoxy) is 1. The lowest BCUT2D eigenvalue weighted by Gasteiger charge is -2.19. The number of rotatable bonds is 5. The standard InChI is InChI=1S/C19H19BrN2O3/c1-13-6-8-16(9-7-13)22-14(2)18(23)21(19(22)24)10-11-25-17-5-3-4-15(20)12-17/h3-9,12,14H,10-11H2,1-2H3/t14-/m1/s1. The van der Waals surface area contributed by atoms with Crippen molar-refractivity contribution in [3.05, 3.63) is 58.6 Å². The van der Waals surface area contributed by atoms with Crippen molar-refractivity contribution in [3.8, 4) is 5.75 Å². The Morgan fingerprint density at radius 2 is 1.84 bits per heavy atom. The van der Waals surface area contributed by atoms with Crippen LogP contribution in [0, 0.1) is 6.92 Å². The van der Waals surface area contributed by atoms with Gasteiger partial charge in [-0.3, -0.25) is 14.6 Å². The SMILES string of the molecule is Cc1ccc(N2C(=O)N(CCOc3cccc(Br)c3)C(=O)[C@H]2C)cc1. The van der Waals surface area contributed by atoms with Crippen molar-refractivity contribution in [2.45, 2.75) is 19.9 Å². The fraction of sp³-hybridized carbons (Fsp3) is 0.263. The second-order valence-corrected chi connectivity index (χ2v) is 6.88.